The third kappa shape index (κ3) is 3.35. The van der Waals surface area contributed by atoms with E-state index >= 15 is 0 Å². The molecular weight excluding hydrogens is 254 g/mol. The average Bonchev–Trinajstić information content (AvgIpc) is 2.85. The first kappa shape index (κ1) is 13.1. The van der Waals surface area contributed by atoms with E-state index in [1.807, 2.05) is 17.5 Å². The molecule has 0 aliphatic rings. The smallest absolute Gasteiger partial charge is 0.126 e. The molecule has 1 unspecified atom stereocenters. The van der Waals surface area contributed by atoms with Gasteiger partial charge in [-0.3, -0.25) is 11.3 Å². The first-order chi connectivity index (χ1) is 8.69. The van der Waals surface area contributed by atoms with Crippen molar-refractivity contribution in [1.82, 2.24) is 5.43 Å². The van der Waals surface area contributed by atoms with E-state index in [2.05, 4.69) is 5.43 Å². The third-order valence-corrected chi connectivity index (χ3v) is 3.64. The Labute approximate surface area is 108 Å². The summed E-state index contributed by atoms with van der Waals surface area (Å²) < 4.78 is 26.6. The fraction of sp³-hybridized carbons (Fsp3) is 0.231. The third-order valence-electron chi connectivity index (χ3n) is 2.74. The Morgan fingerprint density at radius 1 is 1.22 bits per heavy atom. The van der Waals surface area contributed by atoms with E-state index in [0.29, 0.717) is 18.4 Å². The summed E-state index contributed by atoms with van der Waals surface area (Å²) in [6.45, 7) is 0. The summed E-state index contributed by atoms with van der Waals surface area (Å²) in [6, 6.07) is 7.31. The van der Waals surface area contributed by atoms with Gasteiger partial charge in [-0.05, 0) is 48.1 Å². The van der Waals surface area contributed by atoms with Crippen LogP contribution in [0.5, 0.6) is 0 Å². The summed E-state index contributed by atoms with van der Waals surface area (Å²) >= 11 is 1.62. The second-order valence-electron chi connectivity index (χ2n) is 4.09. The maximum Gasteiger partial charge on any atom is 0.126 e. The van der Waals surface area contributed by atoms with Crippen LogP contribution in [-0.4, -0.2) is 6.04 Å². The molecule has 18 heavy (non-hydrogen) atoms. The highest BCUT2D eigenvalue weighted by atomic mass is 32.1. The number of thiophene rings is 1. The molecule has 0 saturated carbocycles. The second kappa shape index (κ2) is 6.04. The minimum atomic E-state index is -0.432. The van der Waals surface area contributed by atoms with E-state index in [-0.39, 0.29) is 6.04 Å². The van der Waals surface area contributed by atoms with Crippen molar-refractivity contribution in [2.24, 2.45) is 5.84 Å². The molecule has 0 radical (unpaired) electrons. The first-order valence-corrected chi connectivity index (χ1v) is 6.49. The van der Waals surface area contributed by atoms with Crippen LogP contribution < -0.4 is 11.3 Å². The Morgan fingerprint density at radius 2 is 2.06 bits per heavy atom. The predicted molar refractivity (Wildman–Crippen MR) is 69.2 cm³/mol. The minimum absolute atomic E-state index is 0.111. The maximum absolute atomic E-state index is 13.5. The van der Waals surface area contributed by atoms with Crippen LogP contribution in [0.15, 0.2) is 35.7 Å². The molecule has 2 rings (SSSR count). The van der Waals surface area contributed by atoms with Gasteiger partial charge >= 0.3 is 0 Å². The molecule has 0 aliphatic heterocycles. The molecular formula is C13H14F2N2S. The molecule has 3 N–H and O–H groups in total. The lowest BCUT2D eigenvalue weighted by molar-refractivity contribution is 0.505. The van der Waals surface area contributed by atoms with Crippen molar-refractivity contribution in [2.75, 3.05) is 0 Å². The van der Waals surface area contributed by atoms with Crippen LogP contribution in [0.3, 0.4) is 0 Å². The zero-order valence-electron chi connectivity index (χ0n) is 9.70. The fourth-order valence-corrected chi connectivity index (χ4v) is 2.61. The molecule has 1 aromatic carbocycles. The summed E-state index contributed by atoms with van der Waals surface area (Å²) in [4.78, 5) is 1.16. The Hall–Kier alpha value is -1.30. The summed E-state index contributed by atoms with van der Waals surface area (Å²) in [5, 5.41) is 1.98. The van der Waals surface area contributed by atoms with Crippen molar-refractivity contribution in [2.45, 2.75) is 18.9 Å². The lowest BCUT2D eigenvalue weighted by Gasteiger charge is -2.15. The standard InChI is InChI=1S/C13H14F2N2S/c14-10-3-4-13(15)9(6-10)7-11(17-16)8-12-2-1-5-18-12/h1-6,11,17H,7-8,16H2. The molecule has 1 heterocycles. The second-order valence-corrected chi connectivity index (χ2v) is 5.12. The highest BCUT2D eigenvalue weighted by Crippen LogP contribution is 2.16. The van der Waals surface area contributed by atoms with Crippen LogP contribution in [0, 0.1) is 11.6 Å². The first-order valence-electron chi connectivity index (χ1n) is 5.61. The van der Waals surface area contributed by atoms with Crippen molar-refractivity contribution >= 4 is 11.3 Å². The van der Waals surface area contributed by atoms with Gasteiger partial charge in [0.25, 0.3) is 0 Å². The van der Waals surface area contributed by atoms with Crippen molar-refractivity contribution < 1.29 is 8.78 Å². The van der Waals surface area contributed by atoms with Gasteiger partial charge in [-0.2, -0.15) is 0 Å². The average molecular weight is 268 g/mol. The van der Waals surface area contributed by atoms with E-state index in [4.69, 9.17) is 5.84 Å². The number of halogens is 2. The molecule has 96 valence electrons. The highest BCUT2D eigenvalue weighted by Gasteiger charge is 2.13. The largest absolute Gasteiger partial charge is 0.271 e. The van der Waals surface area contributed by atoms with E-state index in [1.54, 1.807) is 11.3 Å². The zero-order valence-corrected chi connectivity index (χ0v) is 10.5. The van der Waals surface area contributed by atoms with Gasteiger partial charge in [0.05, 0.1) is 0 Å². The molecule has 2 nitrogen and oxygen atoms in total. The van der Waals surface area contributed by atoms with E-state index < -0.39 is 11.6 Å². The van der Waals surface area contributed by atoms with Gasteiger partial charge in [0.1, 0.15) is 11.6 Å². The molecule has 0 aliphatic carbocycles. The molecule has 0 bridgehead atoms. The predicted octanol–water partition coefficient (Wildman–Crippen LogP) is 2.64. The number of nitrogens with two attached hydrogens (primary N) is 1. The van der Waals surface area contributed by atoms with Crippen LogP contribution in [0.1, 0.15) is 10.4 Å². The van der Waals surface area contributed by atoms with E-state index in [0.717, 1.165) is 17.0 Å². The Kier molecular flexibility index (Phi) is 4.41. The topological polar surface area (TPSA) is 38.0 Å². The van der Waals surface area contributed by atoms with E-state index in [1.165, 1.54) is 6.07 Å². The van der Waals surface area contributed by atoms with E-state index in [9.17, 15) is 8.78 Å². The van der Waals surface area contributed by atoms with Crippen LogP contribution >= 0.6 is 11.3 Å². The van der Waals surface area contributed by atoms with Crippen molar-refractivity contribution in [1.29, 1.82) is 0 Å². The summed E-state index contributed by atoms with van der Waals surface area (Å²) in [6.07, 6.45) is 1.06. The molecule has 1 aromatic heterocycles. The monoisotopic (exact) mass is 268 g/mol. The summed E-state index contributed by atoms with van der Waals surface area (Å²) in [7, 11) is 0. The molecule has 0 amide bonds. The van der Waals surface area contributed by atoms with Gasteiger partial charge in [0.15, 0.2) is 0 Å². The van der Waals surface area contributed by atoms with Crippen molar-refractivity contribution in [3.63, 3.8) is 0 Å². The van der Waals surface area contributed by atoms with Gasteiger partial charge in [-0.25, -0.2) is 8.78 Å². The van der Waals surface area contributed by atoms with Gasteiger partial charge in [-0.15, -0.1) is 11.3 Å². The van der Waals surface area contributed by atoms with Crippen LogP contribution in [0.25, 0.3) is 0 Å². The van der Waals surface area contributed by atoms with Crippen molar-refractivity contribution in [3.05, 3.63) is 57.8 Å². The molecule has 0 spiro atoms. The van der Waals surface area contributed by atoms with Gasteiger partial charge in [0, 0.05) is 10.9 Å². The highest BCUT2D eigenvalue weighted by molar-refractivity contribution is 7.09. The fourth-order valence-electron chi connectivity index (χ4n) is 1.83. The molecule has 2 aromatic rings. The number of rotatable bonds is 5. The molecule has 0 saturated heterocycles. The maximum atomic E-state index is 13.5. The lowest BCUT2D eigenvalue weighted by Crippen LogP contribution is -2.38. The Morgan fingerprint density at radius 3 is 2.72 bits per heavy atom. The Bertz CT molecular complexity index is 500. The normalized spacial score (nSPS) is 12.6. The number of nitrogens with one attached hydrogen (secondary N) is 1. The number of hydrogen-bond donors (Lipinski definition) is 2. The SMILES string of the molecule is NNC(Cc1cccs1)Cc1cc(F)ccc1F. The van der Waals surface area contributed by atoms with Crippen molar-refractivity contribution in [3.8, 4) is 0 Å². The molecule has 5 heteroatoms. The number of hydrazine groups is 1. The Balaban J connectivity index is 2.07. The van der Waals surface area contributed by atoms with Gasteiger partial charge < -0.3 is 0 Å². The minimum Gasteiger partial charge on any atom is -0.271 e. The van der Waals surface area contributed by atoms with Crippen LogP contribution in [0.4, 0.5) is 8.78 Å². The number of hydrogen-bond acceptors (Lipinski definition) is 3. The quantitative estimate of drug-likeness (QED) is 0.646. The van der Waals surface area contributed by atoms with Gasteiger partial charge in [0.2, 0.25) is 0 Å². The molecule has 1 atom stereocenters. The zero-order chi connectivity index (χ0) is 13.0. The lowest BCUT2D eigenvalue weighted by atomic mass is 10.0. The van der Waals surface area contributed by atoms with Crippen LogP contribution in [0.2, 0.25) is 0 Å². The summed E-state index contributed by atoms with van der Waals surface area (Å²) in [5.74, 6) is 4.63. The molecule has 0 fully saturated rings. The number of benzene rings is 1. The van der Waals surface area contributed by atoms with Crippen LogP contribution in [-0.2, 0) is 12.8 Å². The van der Waals surface area contributed by atoms with Gasteiger partial charge in [-0.1, -0.05) is 6.07 Å². The summed E-state index contributed by atoms with van der Waals surface area (Å²) in [5.41, 5.74) is 3.00.